The topological polar surface area (TPSA) is 57.5 Å². The van der Waals surface area contributed by atoms with Crippen LogP contribution in [0.1, 0.15) is 48.0 Å². The highest BCUT2D eigenvalue weighted by molar-refractivity contribution is 5.98. The van der Waals surface area contributed by atoms with E-state index >= 15 is 0 Å². The zero-order valence-corrected chi connectivity index (χ0v) is 11.4. The Morgan fingerprint density at radius 3 is 2.53 bits per heavy atom. The Kier molecular flexibility index (Phi) is 4.59. The summed E-state index contributed by atoms with van der Waals surface area (Å²) in [5.41, 5.74) is 1.41. The fourth-order valence-electron chi connectivity index (χ4n) is 2.89. The number of hydrogen-bond donors (Lipinski definition) is 2. The number of benzene rings is 1. The number of phenolic OH excluding ortho intramolecular Hbond substituents is 1. The first kappa shape index (κ1) is 14.1. The van der Waals surface area contributed by atoms with Crippen molar-refractivity contribution in [2.24, 2.45) is 11.8 Å². The van der Waals surface area contributed by atoms with Crippen LogP contribution in [0.5, 0.6) is 5.75 Å². The van der Waals surface area contributed by atoms with E-state index in [-0.39, 0.29) is 24.1 Å². The predicted octanol–water partition coefficient (Wildman–Crippen LogP) is 3.07. The van der Waals surface area contributed by atoms with Crippen molar-refractivity contribution in [3.05, 3.63) is 29.3 Å². The molecule has 1 fully saturated rings. The first-order valence-corrected chi connectivity index (χ1v) is 7.06. The van der Waals surface area contributed by atoms with E-state index in [0.717, 1.165) is 37.7 Å². The van der Waals surface area contributed by atoms with E-state index in [2.05, 4.69) is 0 Å². The van der Waals surface area contributed by atoms with Gasteiger partial charge in [0.05, 0.1) is 0 Å². The van der Waals surface area contributed by atoms with E-state index in [1.165, 1.54) is 0 Å². The normalized spacial score (nSPS) is 23.3. The number of ketones is 1. The van der Waals surface area contributed by atoms with Crippen molar-refractivity contribution in [3.63, 3.8) is 0 Å². The minimum atomic E-state index is 0.0806. The number of rotatable bonds is 4. The SMILES string of the molecule is Cc1ccc(C(=O)[C@H]2CC[C@H](CCO)CC2)cc1O. The van der Waals surface area contributed by atoms with Crippen LogP contribution in [0.25, 0.3) is 0 Å². The molecule has 2 N–H and O–H groups in total. The van der Waals surface area contributed by atoms with Crippen molar-refractivity contribution < 1.29 is 15.0 Å². The molecule has 0 aliphatic heterocycles. The van der Waals surface area contributed by atoms with Gasteiger partial charge in [-0.2, -0.15) is 0 Å². The molecule has 1 aromatic rings. The van der Waals surface area contributed by atoms with Crippen LogP contribution in [0.2, 0.25) is 0 Å². The summed E-state index contributed by atoms with van der Waals surface area (Å²) in [5.74, 6) is 0.995. The molecule has 1 aromatic carbocycles. The van der Waals surface area contributed by atoms with Crippen molar-refractivity contribution in [1.82, 2.24) is 0 Å². The predicted molar refractivity (Wildman–Crippen MR) is 74.3 cm³/mol. The highest BCUT2D eigenvalue weighted by atomic mass is 16.3. The number of Topliss-reactive ketones (excluding diaryl/α,β-unsaturated/α-hetero) is 1. The highest BCUT2D eigenvalue weighted by Gasteiger charge is 2.26. The maximum absolute atomic E-state index is 12.4. The molecule has 0 heterocycles. The number of aliphatic hydroxyl groups excluding tert-OH is 1. The van der Waals surface area contributed by atoms with Crippen LogP contribution < -0.4 is 0 Å². The summed E-state index contributed by atoms with van der Waals surface area (Å²) in [6.45, 7) is 2.07. The Bertz CT molecular complexity index is 445. The molecule has 1 saturated carbocycles. The fraction of sp³-hybridized carbons (Fsp3) is 0.562. The van der Waals surface area contributed by atoms with Gasteiger partial charge in [0.15, 0.2) is 5.78 Å². The van der Waals surface area contributed by atoms with E-state index in [9.17, 15) is 9.90 Å². The average Bonchev–Trinajstić information content (AvgIpc) is 2.42. The molecule has 0 bridgehead atoms. The fourth-order valence-corrected chi connectivity index (χ4v) is 2.89. The Labute approximate surface area is 114 Å². The minimum absolute atomic E-state index is 0.0806. The molecule has 2 rings (SSSR count). The number of hydrogen-bond acceptors (Lipinski definition) is 3. The van der Waals surface area contributed by atoms with Crippen LogP contribution in [0, 0.1) is 18.8 Å². The highest BCUT2D eigenvalue weighted by Crippen LogP contribution is 2.33. The second kappa shape index (κ2) is 6.20. The zero-order chi connectivity index (χ0) is 13.8. The van der Waals surface area contributed by atoms with E-state index in [4.69, 9.17) is 5.11 Å². The minimum Gasteiger partial charge on any atom is -0.508 e. The smallest absolute Gasteiger partial charge is 0.166 e. The van der Waals surface area contributed by atoms with Crippen LogP contribution in [0.3, 0.4) is 0 Å². The van der Waals surface area contributed by atoms with Crippen molar-refractivity contribution >= 4 is 5.78 Å². The molecule has 1 aliphatic rings. The summed E-state index contributed by atoms with van der Waals surface area (Å²) in [5, 5.41) is 18.6. The van der Waals surface area contributed by atoms with Gasteiger partial charge >= 0.3 is 0 Å². The molecule has 19 heavy (non-hydrogen) atoms. The molecule has 3 nitrogen and oxygen atoms in total. The van der Waals surface area contributed by atoms with Gasteiger partial charge in [0.2, 0.25) is 0 Å². The van der Waals surface area contributed by atoms with Gasteiger partial charge in [-0.3, -0.25) is 4.79 Å². The van der Waals surface area contributed by atoms with Crippen molar-refractivity contribution in [1.29, 1.82) is 0 Å². The summed E-state index contributed by atoms with van der Waals surface area (Å²) in [4.78, 5) is 12.4. The van der Waals surface area contributed by atoms with Crippen molar-refractivity contribution in [3.8, 4) is 5.75 Å². The quantitative estimate of drug-likeness (QED) is 0.820. The summed E-state index contributed by atoms with van der Waals surface area (Å²) in [7, 11) is 0. The lowest BCUT2D eigenvalue weighted by Gasteiger charge is -2.27. The van der Waals surface area contributed by atoms with Gasteiger partial charge in [-0.05, 0) is 56.6 Å². The van der Waals surface area contributed by atoms with Gasteiger partial charge < -0.3 is 10.2 Å². The van der Waals surface area contributed by atoms with Gasteiger partial charge in [-0.15, -0.1) is 0 Å². The Morgan fingerprint density at radius 1 is 1.26 bits per heavy atom. The molecule has 104 valence electrons. The molecule has 1 aliphatic carbocycles. The molecular formula is C16H22O3. The molecule has 0 radical (unpaired) electrons. The number of aryl methyl sites for hydroxylation is 1. The van der Waals surface area contributed by atoms with E-state index in [1.54, 1.807) is 18.2 Å². The third-order valence-corrected chi connectivity index (χ3v) is 4.25. The number of aliphatic hydroxyl groups is 1. The van der Waals surface area contributed by atoms with E-state index < -0.39 is 0 Å². The number of aromatic hydroxyl groups is 1. The van der Waals surface area contributed by atoms with Crippen LogP contribution >= 0.6 is 0 Å². The summed E-state index contributed by atoms with van der Waals surface area (Å²) in [6.07, 6.45) is 4.70. The molecule has 0 spiro atoms. The van der Waals surface area contributed by atoms with Crippen molar-refractivity contribution in [2.45, 2.75) is 39.0 Å². The Morgan fingerprint density at radius 2 is 1.95 bits per heavy atom. The zero-order valence-electron chi connectivity index (χ0n) is 11.4. The lowest BCUT2D eigenvalue weighted by Crippen LogP contribution is -2.22. The van der Waals surface area contributed by atoms with E-state index in [0.29, 0.717) is 11.5 Å². The molecule has 0 amide bonds. The van der Waals surface area contributed by atoms with Gasteiger partial charge in [0.1, 0.15) is 5.75 Å². The van der Waals surface area contributed by atoms with Gasteiger partial charge in [-0.25, -0.2) is 0 Å². The Hall–Kier alpha value is -1.35. The largest absolute Gasteiger partial charge is 0.508 e. The van der Waals surface area contributed by atoms with Crippen LogP contribution in [-0.2, 0) is 0 Å². The number of carbonyl (C=O) groups is 1. The molecule has 0 saturated heterocycles. The number of carbonyl (C=O) groups excluding carboxylic acids is 1. The summed E-state index contributed by atoms with van der Waals surface area (Å²) >= 11 is 0. The molecular weight excluding hydrogens is 240 g/mol. The molecule has 0 unspecified atom stereocenters. The van der Waals surface area contributed by atoms with Crippen molar-refractivity contribution in [2.75, 3.05) is 6.61 Å². The summed E-state index contributed by atoms with van der Waals surface area (Å²) in [6, 6.07) is 5.18. The van der Waals surface area contributed by atoms with E-state index in [1.807, 2.05) is 6.92 Å². The first-order valence-electron chi connectivity index (χ1n) is 7.06. The maximum Gasteiger partial charge on any atom is 0.166 e. The van der Waals surface area contributed by atoms with Crippen LogP contribution in [-0.4, -0.2) is 22.6 Å². The standard InChI is InChI=1S/C16H22O3/c1-11-2-5-14(10-15(11)18)16(19)13-6-3-12(4-7-13)8-9-17/h2,5,10,12-13,17-18H,3-4,6-9H2,1H3/t12-,13-. The Balaban J connectivity index is 1.99. The number of phenols is 1. The molecule has 0 aromatic heterocycles. The second-order valence-corrected chi connectivity index (χ2v) is 5.60. The monoisotopic (exact) mass is 262 g/mol. The second-order valence-electron chi connectivity index (χ2n) is 5.60. The average molecular weight is 262 g/mol. The molecule has 0 atom stereocenters. The third-order valence-electron chi connectivity index (χ3n) is 4.25. The lowest BCUT2D eigenvalue weighted by molar-refractivity contribution is 0.0864. The first-order chi connectivity index (χ1) is 9.11. The van der Waals surface area contributed by atoms with Gasteiger partial charge in [-0.1, -0.05) is 12.1 Å². The molecule has 3 heteroatoms. The third kappa shape index (κ3) is 3.35. The van der Waals surface area contributed by atoms with Crippen LogP contribution in [0.15, 0.2) is 18.2 Å². The van der Waals surface area contributed by atoms with Gasteiger partial charge in [0.25, 0.3) is 0 Å². The maximum atomic E-state index is 12.4. The van der Waals surface area contributed by atoms with Gasteiger partial charge in [0, 0.05) is 18.1 Å². The van der Waals surface area contributed by atoms with Crippen LogP contribution in [0.4, 0.5) is 0 Å². The lowest BCUT2D eigenvalue weighted by atomic mass is 9.77. The summed E-state index contributed by atoms with van der Waals surface area (Å²) < 4.78 is 0.